The van der Waals surface area contributed by atoms with Gasteiger partial charge < -0.3 is 19.8 Å². The third-order valence-corrected chi connectivity index (χ3v) is 5.98. The van der Waals surface area contributed by atoms with E-state index in [2.05, 4.69) is 6.92 Å². The number of imidazole rings is 1. The number of ether oxygens (including phenoxy) is 2. The van der Waals surface area contributed by atoms with Crippen molar-refractivity contribution in [3.8, 4) is 22.9 Å². The van der Waals surface area contributed by atoms with E-state index >= 15 is 4.39 Å². The van der Waals surface area contributed by atoms with Crippen LogP contribution in [0.25, 0.3) is 22.4 Å². The number of fused-ring (bicyclic) bond motifs is 1. The third kappa shape index (κ3) is 4.21. The first-order valence-electron chi connectivity index (χ1n) is 11.3. The minimum absolute atomic E-state index is 0.220. The number of hydrogen-bond donors (Lipinski definition) is 1. The second-order valence-corrected chi connectivity index (χ2v) is 8.09. The fourth-order valence-electron chi connectivity index (χ4n) is 4.27. The summed E-state index contributed by atoms with van der Waals surface area (Å²) in [5, 5.41) is 0. The molecular formula is C27H28FN3O3. The van der Waals surface area contributed by atoms with Crippen LogP contribution in [0.2, 0.25) is 0 Å². The van der Waals surface area contributed by atoms with Crippen molar-refractivity contribution in [2.24, 2.45) is 5.73 Å². The molecule has 0 aliphatic heterocycles. The number of aryl methyl sites for hydroxylation is 1. The molecule has 176 valence electrons. The fraction of sp³-hybridized carbons (Fsp3) is 0.259. The van der Waals surface area contributed by atoms with Crippen LogP contribution < -0.4 is 15.2 Å². The molecule has 1 aromatic heterocycles. The van der Waals surface area contributed by atoms with Gasteiger partial charge in [0.1, 0.15) is 29.2 Å². The van der Waals surface area contributed by atoms with E-state index in [1.165, 1.54) is 0 Å². The molecule has 0 fully saturated rings. The van der Waals surface area contributed by atoms with Gasteiger partial charge in [0.15, 0.2) is 0 Å². The van der Waals surface area contributed by atoms with Crippen LogP contribution in [0.4, 0.5) is 4.39 Å². The van der Waals surface area contributed by atoms with Gasteiger partial charge in [-0.25, -0.2) is 9.37 Å². The quantitative estimate of drug-likeness (QED) is 0.368. The van der Waals surface area contributed by atoms with Crippen LogP contribution in [0.1, 0.15) is 36.9 Å². The molecule has 6 nitrogen and oxygen atoms in total. The summed E-state index contributed by atoms with van der Waals surface area (Å²) in [4.78, 5) is 17.7. The Balaban J connectivity index is 1.99. The normalized spacial score (nSPS) is 12.0. The van der Waals surface area contributed by atoms with E-state index in [4.69, 9.17) is 20.2 Å². The molecule has 1 heterocycles. The van der Waals surface area contributed by atoms with Crippen LogP contribution >= 0.6 is 0 Å². The highest BCUT2D eigenvalue weighted by molar-refractivity contribution is 5.89. The van der Waals surface area contributed by atoms with Crippen molar-refractivity contribution in [3.63, 3.8) is 0 Å². The molecule has 1 atom stereocenters. The average molecular weight is 462 g/mol. The summed E-state index contributed by atoms with van der Waals surface area (Å²) in [5.74, 6) is 0.483. The van der Waals surface area contributed by atoms with Gasteiger partial charge in [0, 0.05) is 11.6 Å². The lowest BCUT2D eigenvalue weighted by atomic mass is 9.98. The minimum Gasteiger partial charge on any atom is -0.497 e. The molecule has 3 aromatic carbocycles. The number of hydrogen-bond acceptors (Lipinski definition) is 4. The van der Waals surface area contributed by atoms with E-state index in [1.807, 2.05) is 30.3 Å². The number of methoxy groups -OCH3 is 2. The molecule has 0 spiro atoms. The van der Waals surface area contributed by atoms with E-state index in [9.17, 15) is 4.79 Å². The van der Waals surface area contributed by atoms with Gasteiger partial charge in [-0.2, -0.15) is 0 Å². The SMILES string of the molecule is CCCCc1cccc(C(C(N)=O)n2c(-c3ccc(OC)cc3OC)nc3ccccc32)c1F. The van der Waals surface area contributed by atoms with Gasteiger partial charge in [-0.15, -0.1) is 0 Å². The fourth-order valence-corrected chi connectivity index (χ4v) is 4.27. The second kappa shape index (κ2) is 9.95. The van der Waals surface area contributed by atoms with Gasteiger partial charge >= 0.3 is 0 Å². The van der Waals surface area contributed by atoms with E-state index < -0.39 is 17.8 Å². The molecule has 7 heteroatoms. The highest BCUT2D eigenvalue weighted by Crippen LogP contribution is 2.38. The van der Waals surface area contributed by atoms with Crippen molar-refractivity contribution >= 4 is 16.9 Å². The Kier molecular flexibility index (Phi) is 6.82. The highest BCUT2D eigenvalue weighted by atomic mass is 19.1. The van der Waals surface area contributed by atoms with Crippen LogP contribution in [-0.2, 0) is 11.2 Å². The summed E-state index contributed by atoms with van der Waals surface area (Å²) >= 11 is 0. The van der Waals surface area contributed by atoms with Crippen molar-refractivity contribution in [3.05, 3.63) is 77.6 Å². The van der Waals surface area contributed by atoms with E-state index in [0.717, 1.165) is 12.8 Å². The van der Waals surface area contributed by atoms with Gasteiger partial charge in [-0.05, 0) is 42.7 Å². The number of amides is 1. The Labute approximate surface area is 198 Å². The number of benzene rings is 3. The zero-order valence-corrected chi connectivity index (χ0v) is 19.5. The van der Waals surface area contributed by atoms with Crippen molar-refractivity contribution in [1.29, 1.82) is 0 Å². The summed E-state index contributed by atoms with van der Waals surface area (Å²) in [7, 11) is 3.12. The van der Waals surface area contributed by atoms with E-state index in [0.29, 0.717) is 45.9 Å². The zero-order chi connectivity index (χ0) is 24.2. The molecule has 1 amide bonds. The van der Waals surface area contributed by atoms with Crippen LogP contribution in [0.3, 0.4) is 0 Å². The smallest absolute Gasteiger partial charge is 0.245 e. The predicted molar refractivity (Wildman–Crippen MR) is 131 cm³/mol. The Morgan fingerprint density at radius 3 is 2.59 bits per heavy atom. The van der Waals surface area contributed by atoms with Crippen LogP contribution in [0.5, 0.6) is 11.5 Å². The van der Waals surface area contributed by atoms with Gasteiger partial charge in [0.05, 0.1) is 30.8 Å². The van der Waals surface area contributed by atoms with E-state index in [-0.39, 0.29) is 5.56 Å². The molecule has 0 saturated carbocycles. The topological polar surface area (TPSA) is 79.4 Å². The van der Waals surface area contributed by atoms with Crippen LogP contribution in [0, 0.1) is 5.82 Å². The van der Waals surface area contributed by atoms with Crippen molar-refractivity contribution < 1.29 is 18.7 Å². The van der Waals surface area contributed by atoms with Crippen molar-refractivity contribution in [2.45, 2.75) is 32.2 Å². The van der Waals surface area contributed by atoms with E-state index in [1.54, 1.807) is 49.1 Å². The summed E-state index contributed by atoms with van der Waals surface area (Å²) in [5.41, 5.74) is 8.67. The summed E-state index contributed by atoms with van der Waals surface area (Å²) in [6.45, 7) is 2.06. The maximum Gasteiger partial charge on any atom is 0.245 e. The average Bonchev–Trinajstić information content (AvgIpc) is 3.22. The number of para-hydroxylation sites is 2. The minimum atomic E-state index is -1.10. The van der Waals surface area contributed by atoms with Gasteiger partial charge in [0.2, 0.25) is 5.91 Å². The number of rotatable bonds is 9. The lowest BCUT2D eigenvalue weighted by Gasteiger charge is -2.22. The van der Waals surface area contributed by atoms with Gasteiger partial charge in [-0.1, -0.05) is 43.7 Å². The number of primary amides is 1. The van der Waals surface area contributed by atoms with Crippen LogP contribution in [-0.4, -0.2) is 29.7 Å². The third-order valence-electron chi connectivity index (χ3n) is 5.98. The summed E-state index contributed by atoms with van der Waals surface area (Å²) in [6, 6.07) is 16.8. The largest absolute Gasteiger partial charge is 0.497 e. The zero-order valence-electron chi connectivity index (χ0n) is 19.5. The van der Waals surface area contributed by atoms with Crippen LogP contribution in [0.15, 0.2) is 60.7 Å². The molecule has 0 aliphatic carbocycles. The standard InChI is InChI=1S/C27H28FN3O3/c1-4-5-9-17-10-8-11-20(24(17)28)25(26(29)32)31-22-13-7-6-12-21(22)30-27(31)19-15-14-18(33-2)16-23(19)34-3/h6-8,10-16,25H,4-5,9H2,1-3H3,(H2,29,32). The van der Waals surface area contributed by atoms with Gasteiger partial charge in [-0.3, -0.25) is 4.79 Å². The molecule has 0 aliphatic rings. The lowest BCUT2D eigenvalue weighted by Crippen LogP contribution is -2.29. The molecule has 4 aromatic rings. The summed E-state index contributed by atoms with van der Waals surface area (Å²) in [6.07, 6.45) is 2.38. The molecule has 0 bridgehead atoms. The van der Waals surface area contributed by atoms with Crippen molar-refractivity contribution in [2.75, 3.05) is 14.2 Å². The van der Waals surface area contributed by atoms with Gasteiger partial charge in [0.25, 0.3) is 0 Å². The first-order chi connectivity index (χ1) is 16.5. The molecule has 34 heavy (non-hydrogen) atoms. The Bertz CT molecular complexity index is 1330. The Morgan fingerprint density at radius 2 is 1.88 bits per heavy atom. The summed E-state index contributed by atoms with van der Waals surface area (Å²) < 4.78 is 28.3. The lowest BCUT2D eigenvalue weighted by molar-refractivity contribution is -0.120. The maximum atomic E-state index is 15.7. The first kappa shape index (κ1) is 23.3. The Morgan fingerprint density at radius 1 is 1.09 bits per heavy atom. The molecule has 1 unspecified atom stereocenters. The highest BCUT2D eigenvalue weighted by Gasteiger charge is 2.30. The Hall–Kier alpha value is -3.87. The molecule has 2 N–H and O–H groups in total. The monoisotopic (exact) mass is 461 g/mol. The number of aromatic nitrogens is 2. The number of nitrogens with two attached hydrogens (primary N) is 1. The molecule has 0 radical (unpaired) electrons. The number of unbranched alkanes of at least 4 members (excludes halogenated alkanes) is 1. The number of halogens is 1. The number of carbonyl (C=O) groups is 1. The van der Waals surface area contributed by atoms with Crippen molar-refractivity contribution in [1.82, 2.24) is 9.55 Å². The molecule has 0 saturated heterocycles. The second-order valence-electron chi connectivity index (χ2n) is 8.09. The maximum absolute atomic E-state index is 15.7. The molecule has 4 rings (SSSR count). The number of carbonyl (C=O) groups excluding carboxylic acids is 1. The first-order valence-corrected chi connectivity index (χ1v) is 11.3. The predicted octanol–water partition coefficient (Wildman–Crippen LogP) is 5.28. The molecular weight excluding hydrogens is 433 g/mol. The number of nitrogens with zero attached hydrogens (tertiary/aromatic N) is 2.